The zero-order valence-electron chi connectivity index (χ0n) is 17.7. The predicted molar refractivity (Wildman–Crippen MR) is 123 cm³/mol. The second kappa shape index (κ2) is 10.3. The van der Waals surface area contributed by atoms with Gasteiger partial charge in [-0.25, -0.2) is 4.39 Å². The van der Waals surface area contributed by atoms with E-state index in [2.05, 4.69) is 15.5 Å². The van der Waals surface area contributed by atoms with E-state index in [-0.39, 0.29) is 29.2 Å². The van der Waals surface area contributed by atoms with E-state index in [9.17, 15) is 14.0 Å². The molecule has 10 heteroatoms. The molecule has 0 spiro atoms. The van der Waals surface area contributed by atoms with Gasteiger partial charge in [0.05, 0.1) is 16.2 Å². The number of carbonyl (C=O) groups is 2. The summed E-state index contributed by atoms with van der Waals surface area (Å²) in [6.07, 6.45) is 1.29. The van der Waals surface area contributed by atoms with Crippen LogP contribution in [0.25, 0.3) is 10.7 Å². The third kappa shape index (κ3) is 5.02. The lowest BCUT2D eigenvalue weighted by Gasteiger charge is -2.32. The van der Waals surface area contributed by atoms with E-state index in [1.165, 1.54) is 23.9 Å². The number of nitrogens with zero attached hydrogens (tertiary/aromatic N) is 4. The van der Waals surface area contributed by atoms with Crippen molar-refractivity contribution in [3.05, 3.63) is 53.2 Å². The number of hydrogen-bond donors (Lipinski definition) is 1. The third-order valence-electron chi connectivity index (χ3n) is 5.36. The van der Waals surface area contributed by atoms with Crippen molar-refractivity contribution in [2.45, 2.75) is 37.5 Å². The summed E-state index contributed by atoms with van der Waals surface area (Å²) in [5, 5.41) is 14.3. The lowest BCUT2D eigenvalue weighted by Crippen LogP contribution is -2.47. The molecule has 7 nitrogen and oxygen atoms in total. The van der Waals surface area contributed by atoms with Gasteiger partial charge < -0.3 is 14.8 Å². The molecule has 4 rings (SSSR count). The molecule has 1 saturated heterocycles. The van der Waals surface area contributed by atoms with Gasteiger partial charge in [0.2, 0.25) is 5.91 Å². The van der Waals surface area contributed by atoms with Gasteiger partial charge in [-0.3, -0.25) is 9.59 Å². The van der Waals surface area contributed by atoms with Gasteiger partial charge in [0.15, 0.2) is 11.0 Å². The van der Waals surface area contributed by atoms with Crippen LogP contribution in [0.4, 0.5) is 4.39 Å². The highest BCUT2D eigenvalue weighted by molar-refractivity contribution is 7.99. The average Bonchev–Trinajstić information content (AvgIpc) is 3.47. The fraction of sp³-hybridized carbons (Fsp3) is 0.364. The molecule has 3 aromatic rings. The monoisotopic (exact) mass is 473 g/mol. The molecular weight excluding hydrogens is 449 g/mol. The molecule has 1 aliphatic heterocycles. The molecule has 0 saturated carbocycles. The molecule has 0 aliphatic carbocycles. The molecule has 1 fully saturated rings. The van der Waals surface area contributed by atoms with Crippen LogP contribution in [0.1, 0.15) is 30.1 Å². The van der Waals surface area contributed by atoms with Crippen LogP contribution in [0.5, 0.6) is 0 Å². The van der Waals surface area contributed by atoms with Gasteiger partial charge in [-0.1, -0.05) is 30.0 Å². The first-order valence-corrected chi connectivity index (χ1v) is 12.4. The molecule has 168 valence electrons. The minimum atomic E-state index is -0.507. The molecule has 0 atom stereocenters. The summed E-state index contributed by atoms with van der Waals surface area (Å²) in [6, 6.07) is 10.00. The predicted octanol–water partition coefficient (Wildman–Crippen LogP) is 3.68. The number of nitrogens with one attached hydrogen (secondary N) is 1. The highest BCUT2D eigenvalue weighted by Gasteiger charge is 2.26. The molecule has 0 bridgehead atoms. The largest absolute Gasteiger partial charge is 0.353 e. The number of thioether (sulfide) groups is 1. The molecule has 1 aromatic carbocycles. The van der Waals surface area contributed by atoms with Gasteiger partial charge >= 0.3 is 0 Å². The number of piperidine rings is 1. The van der Waals surface area contributed by atoms with Gasteiger partial charge in [-0.05, 0) is 43.3 Å². The minimum Gasteiger partial charge on any atom is -0.353 e. The molecule has 32 heavy (non-hydrogen) atoms. The van der Waals surface area contributed by atoms with Crippen LogP contribution in [0, 0.1) is 5.82 Å². The molecule has 3 heterocycles. The van der Waals surface area contributed by atoms with Crippen molar-refractivity contribution in [3.8, 4) is 10.7 Å². The van der Waals surface area contributed by atoms with Crippen LogP contribution in [0.2, 0.25) is 0 Å². The van der Waals surface area contributed by atoms with Crippen molar-refractivity contribution < 1.29 is 14.0 Å². The average molecular weight is 474 g/mol. The van der Waals surface area contributed by atoms with E-state index >= 15 is 0 Å². The van der Waals surface area contributed by atoms with E-state index in [1.807, 2.05) is 29.0 Å². The Kier molecular flexibility index (Phi) is 7.21. The molecule has 2 aromatic heterocycles. The third-order valence-corrected chi connectivity index (χ3v) is 7.19. The zero-order chi connectivity index (χ0) is 22.5. The second-order valence-electron chi connectivity index (χ2n) is 7.43. The quantitative estimate of drug-likeness (QED) is 0.530. The maximum absolute atomic E-state index is 13.9. The van der Waals surface area contributed by atoms with Crippen molar-refractivity contribution >= 4 is 34.9 Å². The van der Waals surface area contributed by atoms with Crippen LogP contribution < -0.4 is 5.32 Å². The number of thiophene rings is 1. The summed E-state index contributed by atoms with van der Waals surface area (Å²) in [6.45, 7) is 3.72. The normalized spacial score (nSPS) is 14.5. The highest BCUT2D eigenvalue weighted by Crippen LogP contribution is 2.27. The van der Waals surface area contributed by atoms with E-state index < -0.39 is 5.82 Å². The number of carbonyl (C=O) groups excluding carboxylic acids is 2. The SMILES string of the molecule is CCn1c(SCC(=O)NC2CCN(C(=O)c3ccccc3F)CC2)nnc1-c1cccs1. The van der Waals surface area contributed by atoms with Gasteiger partial charge in [0.1, 0.15) is 5.82 Å². The van der Waals surface area contributed by atoms with Crippen LogP contribution in [0.15, 0.2) is 46.9 Å². The number of benzene rings is 1. The Hall–Kier alpha value is -2.72. The van der Waals surface area contributed by atoms with Gasteiger partial charge in [0, 0.05) is 25.7 Å². The van der Waals surface area contributed by atoms with Crippen LogP contribution >= 0.6 is 23.1 Å². The molecule has 0 unspecified atom stereocenters. The first-order valence-electron chi connectivity index (χ1n) is 10.5. The Bertz CT molecular complexity index is 1080. The number of aromatic nitrogens is 3. The summed E-state index contributed by atoms with van der Waals surface area (Å²) in [7, 11) is 0. The van der Waals surface area contributed by atoms with Crippen molar-refractivity contribution in [2.24, 2.45) is 0 Å². The Morgan fingerprint density at radius 1 is 1.19 bits per heavy atom. The molecular formula is C22H24FN5O2S2. The lowest BCUT2D eigenvalue weighted by molar-refractivity contribution is -0.119. The topological polar surface area (TPSA) is 80.1 Å². The summed E-state index contributed by atoms with van der Waals surface area (Å²) in [4.78, 5) is 27.7. The van der Waals surface area contributed by atoms with Crippen molar-refractivity contribution in [3.63, 3.8) is 0 Å². The van der Waals surface area contributed by atoms with Crippen LogP contribution in [0.3, 0.4) is 0 Å². The summed E-state index contributed by atoms with van der Waals surface area (Å²) in [5.74, 6) is 0.183. The van der Waals surface area contributed by atoms with Gasteiger partial charge in [0.25, 0.3) is 5.91 Å². The standard InChI is InChI=1S/C22H24FN5O2S2/c1-2-28-20(18-8-5-13-31-18)25-26-22(28)32-14-19(29)24-15-9-11-27(12-10-15)21(30)16-6-3-4-7-17(16)23/h3-8,13,15H,2,9-12,14H2,1H3,(H,24,29). The number of likely N-dealkylation sites (tertiary alicyclic amines) is 1. The smallest absolute Gasteiger partial charge is 0.256 e. The molecule has 1 N–H and O–H groups in total. The van der Waals surface area contributed by atoms with E-state index in [4.69, 9.17) is 0 Å². The van der Waals surface area contributed by atoms with Crippen molar-refractivity contribution in [1.29, 1.82) is 0 Å². The van der Waals surface area contributed by atoms with E-state index in [1.54, 1.807) is 28.4 Å². The summed E-state index contributed by atoms with van der Waals surface area (Å²) in [5.41, 5.74) is 0.0911. The maximum atomic E-state index is 13.9. The maximum Gasteiger partial charge on any atom is 0.256 e. The zero-order valence-corrected chi connectivity index (χ0v) is 19.3. The Labute approximate surface area is 194 Å². The Balaban J connectivity index is 1.26. The van der Waals surface area contributed by atoms with Crippen LogP contribution in [-0.4, -0.2) is 56.4 Å². The Morgan fingerprint density at radius 2 is 1.97 bits per heavy atom. The lowest BCUT2D eigenvalue weighted by atomic mass is 10.0. The molecule has 1 aliphatic rings. The minimum absolute atomic E-state index is 0.00139. The number of hydrogen-bond acceptors (Lipinski definition) is 6. The molecule has 2 amide bonds. The van der Waals surface area contributed by atoms with Crippen molar-refractivity contribution in [2.75, 3.05) is 18.8 Å². The summed E-state index contributed by atoms with van der Waals surface area (Å²) >= 11 is 2.97. The second-order valence-corrected chi connectivity index (χ2v) is 9.32. The fourth-order valence-electron chi connectivity index (χ4n) is 3.70. The van der Waals surface area contributed by atoms with Gasteiger partial charge in [-0.2, -0.15) is 0 Å². The van der Waals surface area contributed by atoms with E-state index in [0.29, 0.717) is 25.9 Å². The number of amides is 2. The first kappa shape index (κ1) is 22.5. The van der Waals surface area contributed by atoms with Crippen LogP contribution in [-0.2, 0) is 11.3 Å². The molecule has 0 radical (unpaired) electrons. The highest BCUT2D eigenvalue weighted by atomic mass is 32.2. The van der Waals surface area contributed by atoms with Gasteiger partial charge in [-0.15, -0.1) is 21.5 Å². The number of halogens is 1. The first-order chi connectivity index (χ1) is 15.6. The summed E-state index contributed by atoms with van der Waals surface area (Å²) < 4.78 is 15.9. The fourth-order valence-corrected chi connectivity index (χ4v) is 5.23. The Morgan fingerprint density at radius 3 is 2.66 bits per heavy atom. The van der Waals surface area contributed by atoms with E-state index in [0.717, 1.165) is 22.4 Å². The number of rotatable bonds is 7. The van der Waals surface area contributed by atoms with Crippen molar-refractivity contribution in [1.82, 2.24) is 25.0 Å².